The molecule has 1 aliphatic carbocycles. The van der Waals surface area contributed by atoms with Crippen molar-refractivity contribution in [2.24, 2.45) is 5.92 Å². The molecule has 18 heavy (non-hydrogen) atoms. The van der Waals surface area contributed by atoms with Gasteiger partial charge in [0, 0.05) is 23.1 Å². The summed E-state index contributed by atoms with van der Waals surface area (Å²) >= 11 is 0. The molecule has 1 aromatic heterocycles. The van der Waals surface area contributed by atoms with Crippen molar-refractivity contribution in [2.75, 3.05) is 14.1 Å². The molecule has 0 aliphatic heterocycles. The second kappa shape index (κ2) is 4.15. The number of H-pyrrole nitrogens is 1. The van der Waals surface area contributed by atoms with Crippen molar-refractivity contribution >= 4 is 10.9 Å². The Morgan fingerprint density at radius 2 is 2.17 bits per heavy atom. The van der Waals surface area contributed by atoms with Crippen molar-refractivity contribution in [3.8, 4) is 6.07 Å². The summed E-state index contributed by atoms with van der Waals surface area (Å²) in [5.74, 6) is 0.768. The highest BCUT2D eigenvalue weighted by Crippen LogP contribution is 2.45. The van der Waals surface area contributed by atoms with Crippen LogP contribution in [0.25, 0.3) is 10.9 Å². The fourth-order valence-electron chi connectivity index (χ4n) is 2.82. The molecule has 1 fully saturated rings. The molecule has 1 heterocycles. The minimum atomic E-state index is 0.465. The fourth-order valence-corrected chi connectivity index (χ4v) is 2.82. The minimum absolute atomic E-state index is 0.465. The van der Waals surface area contributed by atoms with E-state index in [1.54, 1.807) is 0 Å². The molecule has 0 saturated heterocycles. The average Bonchev–Trinajstić information content (AvgIpc) is 3.10. The van der Waals surface area contributed by atoms with Crippen LogP contribution in [0.1, 0.15) is 30.0 Å². The highest BCUT2D eigenvalue weighted by molar-refractivity contribution is 5.85. The van der Waals surface area contributed by atoms with Gasteiger partial charge in [0.2, 0.25) is 0 Å². The van der Waals surface area contributed by atoms with Gasteiger partial charge in [-0.15, -0.1) is 0 Å². The highest BCUT2D eigenvalue weighted by Gasteiger charge is 2.34. The molecule has 0 amide bonds. The van der Waals surface area contributed by atoms with Gasteiger partial charge in [0.05, 0.1) is 11.6 Å². The van der Waals surface area contributed by atoms with Crippen molar-refractivity contribution in [1.82, 2.24) is 9.88 Å². The first kappa shape index (κ1) is 11.3. The van der Waals surface area contributed by atoms with Crippen molar-refractivity contribution in [3.05, 3.63) is 35.5 Å². The van der Waals surface area contributed by atoms with Gasteiger partial charge < -0.3 is 9.88 Å². The normalized spacial score (nSPS) is 17.0. The van der Waals surface area contributed by atoms with Crippen LogP contribution in [0.3, 0.4) is 0 Å². The van der Waals surface area contributed by atoms with E-state index < -0.39 is 0 Å². The van der Waals surface area contributed by atoms with Gasteiger partial charge in [-0.1, -0.05) is 0 Å². The summed E-state index contributed by atoms with van der Waals surface area (Å²) in [6, 6.07) is 8.55. The van der Waals surface area contributed by atoms with Crippen LogP contribution in [0.5, 0.6) is 0 Å². The first-order valence-electron chi connectivity index (χ1n) is 6.38. The van der Waals surface area contributed by atoms with E-state index in [1.165, 1.54) is 23.8 Å². The van der Waals surface area contributed by atoms with E-state index in [0.29, 0.717) is 6.04 Å². The molecule has 2 aromatic rings. The summed E-state index contributed by atoms with van der Waals surface area (Å²) in [6.45, 7) is 0. The Morgan fingerprint density at radius 1 is 1.39 bits per heavy atom. The lowest BCUT2D eigenvalue weighted by Gasteiger charge is -2.23. The molecule has 3 heteroatoms. The number of aromatic nitrogens is 1. The summed E-state index contributed by atoms with van der Waals surface area (Å²) in [4.78, 5) is 5.61. The molecule has 0 bridgehead atoms. The first-order valence-corrected chi connectivity index (χ1v) is 6.38. The third-order valence-electron chi connectivity index (χ3n) is 3.79. The molecular formula is C15H17N3. The zero-order chi connectivity index (χ0) is 12.7. The molecule has 3 nitrogen and oxygen atoms in total. The maximum Gasteiger partial charge on any atom is 0.0991 e. The Morgan fingerprint density at radius 3 is 2.78 bits per heavy atom. The van der Waals surface area contributed by atoms with Crippen LogP contribution in [-0.2, 0) is 0 Å². The summed E-state index contributed by atoms with van der Waals surface area (Å²) in [5, 5.41) is 10.2. The van der Waals surface area contributed by atoms with E-state index >= 15 is 0 Å². The Hall–Kier alpha value is -1.79. The number of hydrogen-bond acceptors (Lipinski definition) is 2. The number of nitrogens with zero attached hydrogens (tertiary/aromatic N) is 2. The largest absolute Gasteiger partial charge is 0.361 e. The summed E-state index contributed by atoms with van der Waals surface area (Å²) < 4.78 is 0. The number of benzene rings is 1. The highest BCUT2D eigenvalue weighted by atomic mass is 15.1. The fraction of sp³-hybridized carbons (Fsp3) is 0.400. The van der Waals surface area contributed by atoms with Gasteiger partial charge in [0.25, 0.3) is 0 Å². The Labute approximate surface area is 107 Å². The van der Waals surface area contributed by atoms with E-state index in [9.17, 15) is 0 Å². The molecule has 0 spiro atoms. The molecule has 1 aromatic carbocycles. The number of rotatable bonds is 3. The SMILES string of the molecule is CN(C)C(c1c[nH]c2ccc(C#N)cc12)C1CC1. The number of hydrogen-bond donors (Lipinski definition) is 1. The molecule has 92 valence electrons. The summed E-state index contributed by atoms with van der Waals surface area (Å²) in [6.07, 6.45) is 4.73. The lowest BCUT2D eigenvalue weighted by atomic mass is 9.99. The molecule has 3 rings (SSSR count). The Balaban J connectivity index is 2.13. The Kier molecular flexibility index (Phi) is 2.61. The van der Waals surface area contributed by atoms with Gasteiger partial charge in [0.1, 0.15) is 0 Å². The number of fused-ring (bicyclic) bond motifs is 1. The topological polar surface area (TPSA) is 42.8 Å². The van der Waals surface area contributed by atoms with Crippen LogP contribution in [0.15, 0.2) is 24.4 Å². The van der Waals surface area contributed by atoms with Crippen LogP contribution in [0.2, 0.25) is 0 Å². The third kappa shape index (κ3) is 1.79. The summed E-state index contributed by atoms with van der Waals surface area (Å²) in [5.41, 5.74) is 3.18. The van der Waals surface area contributed by atoms with E-state index in [1.807, 2.05) is 18.2 Å². The van der Waals surface area contributed by atoms with Gasteiger partial charge in [0.15, 0.2) is 0 Å². The zero-order valence-corrected chi connectivity index (χ0v) is 10.8. The molecule has 1 atom stereocenters. The molecule has 1 aliphatic rings. The lowest BCUT2D eigenvalue weighted by molar-refractivity contribution is 0.271. The predicted molar refractivity (Wildman–Crippen MR) is 72.2 cm³/mol. The molecule has 1 N–H and O–H groups in total. The van der Waals surface area contributed by atoms with Crippen molar-refractivity contribution in [2.45, 2.75) is 18.9 Å². The molecule has 1 saturated carbocycles. The van der Waals surface area contributed by atoms with Gasteiger partial charge in [-0.3, -0.25) is 0 Å². The monoisotopic (exact) mass is 239 g/mol. The van der Waals surface area contributed by atoms with Gasteiger partial charge >= 0.3 is 0 Å². The second-order valence-electron chi connectivity index (χ2n) is 5.36. The van der Waals surface area contributed by atoms with Crippen molar-refractivity contribution in [1.29, 1.82) is 5.26 Å². The zero-order valence-electron chi connectivity index (χ0n) is 10.8. The van der Waals surface area contributed by atoms with Crippen LogP contribution in [-0.4, -0.2) is 24.0 Å². The minimum Gasteiger partial charge on any atom is -0.361 e. The summed E-state index contributed by atoms with van der Waals surface area (Å²) in [7, 11) is 4.27. The van der Waals surface area contributed by atoms with Crippen LogP contribution < -0.4 is 0 Å². The maximum atomic E-state index is 9.02. The average molecular weight is 239 g/mol. The second-order valence-corrected chi connectivity index (χ2v) is 5.36. The number of aromatic amines is 1. The van der Waals surface area contributed by atoms with Gasteiger partial charge in [-0.05, 0) is 56.6 Å². The van der Waals surface area contributed by atoms with E-state index in [4.69, 9.17) is 5.26 Å². The predicted octanol–water partition coefficient (Wildman–Crippen LogP) is 3.05. The van der Waals surface area contributed by atoms with Crippen molar-refractivity contribution in [3.63, 3.8) is 0 Å². The Bertz CT molecular complexity index is 612. The third-order valence-corrected chi connectivity index (χ3v) is 3.79. The standard InChI is InChI=1S/C15H17N3/c1-18(2)15(11-4-5-11)13-9-17-14-6-3-10(8-16)7-12(13)14/h3,6-7,9,11,15,17H,4-5H2,1-2H3. The maximum absolute atomic E-state index is 9.02. The van der Waals surface area contributed by atoms with Crippen molar-refractivity contribution < 1.29 is 0 Å². The number of nitriles is 1. The first-order chi connectivity index (χ1) is 8.70. The smallest absolute Gasteiger partial charge is 0.0991 e. The van der Waals surface area contributed by atoms with Gasteiger partial charge in [-0.2, -0.15) is 5.26 Å². The quantitative estimate of drug-likeness (QED) is 0.894. The van der Waals surface area contributed by atoms with Crippen LogP contribution >= 0.6 is 0 Å². The van der Waals surface area contributed by atoms with Gasteiger partial charge in [-0.25, -0.2) is 0 Å². The van der Waals surface area contributed by atoms with E-state index in [-0.39, 0.29) is 0 Å². The van der Waals surface area contributed by atoms with E-state index in [2.05, 4.69) is 36.2 Å². The number of nitrogens with one attached hydrogen (secondary N) is 1. The lowest BCUT2D eigenvalue weighted by Crippen LogP contribution is -2.21. The van der Waals surface area contributed by atoms with E-state index in [0.717, 1.165) is 17.0 Å². The molecule has 0 radical (unpaired) electrons. The molecule has 1 unspecified atom stereocenters. The van der Waals surface area contributed by atoms with Crippen LogP contribution in [0.4, 0.5) is 0 Å². The molecular weight excluding hydrogens is 222 g/mol. The van der Waals surface area contributed by atoms with Crippen LogP contribution in [0, 0.1) is 17.2 Å².